The van der Waals surface area contributed by atoms with Gasteiger partial charge in [0.2, 0.25) is 0 Å². The minimum atomic E-state index is -0.590. The van der Waals surface area contributed by atoms with Gasteiger partial charge in [0.1, 0.15) is 0 Å². The first-order valence-corrected chi connectivity index (χ1v) is 7.66. The second-order valence-corrected chi connectivity index (χ2v) is 6.51. The number of nitrogens with one attached hydrogen (secondary N) is 1. The maximum Gasteiger partial charge on any atom is 0.0363 e. The van der Waals surface area contributed by atoms with Crippen LogP contribution in [-0.2, 0) is 10.8 Å². The summed E-state index contributed by atoms with van der Waals surface area (Å²) in [5.41, 5.74) is 0. The Morgan fingerprint density at radius 2 is 2.13 bits per heavy atom. The molecule has 0 aromatic rings. The van der Waals surface area contributed by atoms with Crippen molar-refractivity contribution in [3.63, 3.8) is 0 Å². The van der Waals surface area contributed by atoms with Crippen molar-refractivity contribution in [2.75, 3.05) is 12.3 Å². The summed E-state index contributed by atoms with van der Waals surface area (Å²) in [4.78, 5) is 0. The fraction of sp³-hybridized carbons (Fsp3) is 1.00. The molecular weight excluding hydrogens is 206 g/mol. The summed E-state index contributed by atoms with van der Waals surface area (Å²) in [5.74, 6) is 1.52. The van der Waals surface area contributed by atoms with E-state index >= 15 is 0 Å². The SMILES string of the molecule is CCNC1CCC(S(=O)CC(C)CC)C1. The van der Waals surface area contributed by atoms with Gasteiger partial charge in [-0.3, -0.25) is 4.21 Å². The molecule has 15 heavy (non-hydrogen) atoms. The van der Waals surface area contributed by atoms with Crippen molar-refractivity contribution in [2.24, 2.45) is 5.92 Å². The van der Waals surface area contributed by atoms with E-state index in [2.05, 4.69) is 26.1 Å². The maximum absolute atomic E-state index is 12.0. The Morgan fingerprint density at radius 3 is 2.73 bits per heavy atom. The lowest BCUT2D eigenvalue weighted by Gasteiger charge is -2.14. The van der Waals surface area contributed by atoms with Crippen LogP contribution in [0.5, 0.6) is 0 Å². The Morgan fingerprint density at radius 1 is 1.40 bits per heavy atom. The summed E-state index contributed by atoms with van der Waals surface area (Å²) in [6.07, 6.45) is 4.64. The van der Waals surface area contributed by atoms with Crippen LogP contribution >= 0.6 is 0 Å². The quantitative estimate of drug-likeness (QED) is 0.760. The first-order chi connectivity index (χ1) is 7.17. The van der Waals surface area contributed by atoms with Crippen LogP contribution in [0.4, 0.5) is 0 Å². The van der Waals surface area contributed by atoms with Crippen molar-refractivity contribution >= 4 is 10.8 Å². The van der Waals surface area contributed by atoms with Crippen molar-refractivity contribution < 1.29 is 4.21 Å². The Kier molecular flexibility index (Phi) is 5.83. The van der Waals surface area contributed by atoms with Crippen LogP contribution in [0, 0.1) is 5.92 Å². The lowest BCUT2D eigenvalue weighted by Crippen LogP contribution is -2.27. The highest BCUT2D eigenvalue weighted by atomic mass is 32.2. The van der Waals surface area contributed by atoms with Crippen LogP contribution in [0.15, 0.2) is 0 Å². The molecule has 1 N–H and O–H groups in total. The minimum absolute atomic E-state index is 0.461. The summed E-state index contributed by atoms with van der Waals surface area (Å²) in [7, 11) is -0.590. The fourth-order valence-corrected chi connectivity index (χ4v) is 4.10. The van der Waals surface area contributed by atoms with Gasteiger partial charge >= 0.3 is 0 Å². The van der Waals surface area contributed by atoms with Crippen molar-refractivity contribution in [1.82, 2.24) is 5.32 Å². The molecule has 0 amide bonds. The number of hydrogen-bond acceptors (Lipinski definition) is 2. The third-order valence-corrected chi connectivity index (χ3v) is 5.46. The molecule has 0 radical (unpaired) electrons. The minimum Gasteiger partial charge on any atom is -0.314 e. The van der Waals surface area contributed by atoms with Crippen LogP contribution in [0.1, 0.15) is 46.5 Å². The molecule has 0 aromatic heterocycles. The van der Waals surface area contributed by atoms with Crippen molar-refractivity contribution in [3.05, 3.63) is 0 Å². The molecule has 0 bridgehead atoms. The van der Waals surface area contributed by atoms with Gasteiger partial charge in [0.25, 0.3) is 0 Å². The lowest BCUT2D eigenvalue weighted by atomic mass is 10.2. The molecule has 1 aliphatic carbocycles. The summed E-state index contributed by atoms with van der Waals surface area (Å²) >= 11 is 0. The molecular formula is C12H25NOS. The van der Waals surface area contributed by atoms with Crippen LogP contribution in [0.2, 0.25) is 0 Å². The smallest absolute Gasteiger partial charge is 0.0363 e. The zero-order chi connectivity index (χ0) is 11.3. The highest BCUT2D eigenvalue weighted by Crippen LogP contribution is 2.25. The predicted molar refractivity (Wildman–Crippen MR) is 67.6 cm³/mol. The monoisotopic (exact) mass is 231 g/mol. The van der Waals surface area contributed by atoms with Gasteiger partial charge in [-0.1, -0.05) is 27.2 Å². The fourth-order valence-electron chi connectivity index (χ4n) is 2.19. The topological polar surface area (TPSA) is 29.1 Å². The third-order valence-electron chi connectivity index (χ3n) is 3.39. The second kappa shape index (κ2) is 6.64. The predicted octanol–water partition coefficient (Wildman–Crippen LogP) is 2.31. The molecule has 0 spiro atoms. The highest BCUT2D eigenvalue weighted by Gasteiger charge is 2.28. The Labute approximate surface area is 96.7 Å². The first kappa shape index (κ1) is 13.2. The first-order valence-electron chi connectivity index (χ1n) is 6.27. The van der Waals surface area contributed by atoms with E-state index in [1.165, 1.54) is 6.42 Å². The molecule has 1 rings (SSSR count). The average Bonchev–Trinajstić information content (AvgIpc) is 2.67. The van der Waals surface area contributed by atoms with E-state index in [4.69, 9.17) is 0 Å². The standard InChI is InChI=1S/C12H25NOS/c1-4-10(3)9-15(14)12-7-6-11(8-12)13-5-2/h10-13H,4-9H2,1-3H3. The molecule has 4 unspecified atom stereocenters. The maximum atomic E-state index is 12.0. The molecule has 4 atom stereocenters. The molecule has 1 aliphatic rings. The zero-order valence-corrected chi connectivity index (χ0v) is 11.1. The summed E-state index contributed by atoms with van der Waals surface area (Å²) in [5, 5.41) is 3.92. The van der Waals surface area contributed by atoms with Crippen LogP contribution < -0.4 is 5.32 Å². The van der Waals surface area contributed by atoms with Gasteiger partial charge in [-0.25, -0.2) is 0 Å². The van der Waals surface area contributed by atoms with Gasteiger partial charge < -0.3 is 5.32 Å². The summed E-state index contributed by atoms with van der Waals surface area (Å²) in [6, 6.07) is 0.626. The van der Waals surface area contributed by atoms with E-state index in [1.54, 1.807) is 0 Å². The van der Waals surface area contributed by atoms with Crippen LogP contribution in [0.25, 0.3) is 0 Å². The molecule has 2 nitrogen and oxygen atoms in total. The molecule has 90 valence electrons. The van der Waals surface area contributed by atoms with Gasteiger partial charge in [0, 0.05) is 27.8 Å². The van der Waals surface area contributed by atoms with Crippen molar-refractivity contribution in [1.29, 1.82) is 0 Å². The summed E-state index contributed by atoms with van der Waals surface area (Å²) in [6.45, 7) is 7.56. The van der Waals surface area contributed by atoms with E-state index < -0.39 is 10.8 Å². The van der Waals surface area contributed by atoms with Crippen molar-refractivity contribution in [2.45, 2.75) is 57.7 Å². The molecule has 0 saturated heterocycles. The summed E-state index contributed by atoms with van der Waals surface area (Å²) < 4.78 is 12.0. The lowest BCUT2D eigenvalue weighted by molar-refractivity contribution is 0.541. The Balaban J connectivity index is 2.30. The van der Waals surface area contributed by atoms with E-state index in [0.29, 0.717) is 17.2 Å². The largest absolute Gasteiger partial charge is 0.314 e. The van der Waals surface area contributed by atoms with Crippen LogP contribution in [-0.4, -0.2) is 27.8 Å². The Bertz CT molecular complexity index is 208. The number of hydrogen-bond donors (Lipinski definition) is 1. The number of rotatable bonds is 6. The third kappa shape index (κ3) is 4.23. The highest BCUT2D eigenvalue weighted by molar-refractivity contribution is 7.85. The van der Waals surface area contributed by atoms with Crippen molar-refractivity contribution in [3.8, 4) is 0 Å². The van der Waals surface area contributed by atoms with Gasteiger partial charge in [-0.15, -0.1) is 0 Å². The second-order valence-electron chi connectivity index (χ2n) is 4.75. The molecule has 0 aliphatic heterocycles. The van der Waals surface area contributed by atoms with Gasteiger partial charge in [-0.05, 0) is 31.7 Å². The van der Waals surface area contributed by atoms with Gasteiger partial charge in [0.15, 0.2) is 0 Å². The molecule has 0 heterocycles. The van der Waals surface area contributed by atoms with Gasteiger partial charge in [-0.2, -0.15) is 0 Å². The van der Waals surface area contributed by atoms with Gasteiger partial charge in [0.05, 0.1) is 0 Å². The molecule has 3 heteroatoms. The van der Waals surface area contributed by atoms with Crippen LogP contribution in [0.3, 0.4) is 0 Å². The normalized spacial score (nSPS) is 30.3. The molecule has 1 fully saturated rings. The van der Waals surface area contributed by atoms with E-state index in [0.717, 1.165) is 31.6 Å². The Hall–Kier alpha value is 0.110. The van der Waals surface area contributed by atoms with E-state index in [-0.39, 0.29) is 0 Å². The average molecular weight is 231 g/mol. The molecule has 0 aromatic carbocycles. The zero-order valence-electron chi connectivity index (χ0n) is 10.3. The molecule has 1 saturated carbocycles. The van der Waals surface area contributed by atoms with E-state index in [9.17, 15) is 4.21 Å². The van der Waals surface area contributed by atoms with E-state index in [1.807, 2.05) is 0 Å².